The maximum Gasteiger partial charge on any atom is 0.220 e. The molecule has 27 heavy (non-hydrogen) atoms. The molecule has 1 aliphatic heterocycles. The molecule has 150 valence electrons. The van der Waals surface area contributed by atoms with E-state index in [1.54, 1.807) is 21.3 Å². The molecule has 1 aliphatic rings. The summed E-state index contributed by atoms with van der Waals surface area (Å²) >= 11 is 0. The van der Waals surface area contributed by atoms with Gasteiger partial charge in [0.05, 0.1) is 20.8 Å². The van der Waals surface area contributed by atoms with E-state index >= 15 is 0 Å². The van der Waals surface area contributed by atoms with E-state index in [1.165, 1.54) is 0 Å². The average molecular weight is 377 g/mol. The van der Waals surface area contributed by atoms with E-state index in [2.05, 4.69) is 22.5 Å². The predicted molar refractivity (Wildman–Crippen MR) is 107 cm³/mol. The molecule has 1 aromatic rings. The molecule has 0 spiro atoms. The van der Waals surface area contributed by atoms with E-state index in [-0.39, 0.29) is 5.91 Å². The summed E-state index contributed by atoms with van der Waals surface area (Å²) in [6.45, 7) is 5.21. The quantitative estimate of drug-likeness (QED) is 0.562. The van der Waals surface area contributed by atoms with Crippen molar-refractivity contribution in [1.82, 2.24) is 15.5 Å². The summed E-state index contributed by atoms with van der Waals surface area (Å²) in [7, 11) is 4.98. The molecule has 1 fully saturated rings. The van der Waals surface area contributed by atoms with E-state index in [4.69, 9.17) is 14.5 Å². The van der Waals surface area contributed by atoms with Crippen LogP contribution in [-0.2, 0) is 11.3 Å². The number of ether oxygens (including phenoxy) is 2. The molecular weight excluding hydrogens is 344 g/mol. The highest BCUT2D eigenvalue weighted by Gasteiger charge is 2.23. The van der Waals surface area contributed by atoms with E-state index in [9.17, 15) is 4.79 Å². The van der Waals surface area contributed by atoms with Crippen molar-refractivity contribution in [3.63, 3.8) is 0 Å². The van der Waals surface area contributed by atoms with E-state index in [0.717, 1.165) is 49.7 Å². The Kier molecular flexibility index (Phi) is 8.23. The second-order valence-corrected chi connectivity index (χ2v) is 6.63. The van der Waals surface area contributed by atoms with E-state index in [1.807, 2.05) is 18.2 Å². The fourth-order valence-corrected chi connectivity index (χ4v) is 3.38. The Morgan fingerprint density at radius 3 is 2.59 bits per heavy atom. The highest BCUT2D eigenvalue weighted by molar-refractivity contribution is 5.80. The van der Waals surface area contributed by atoms with Crippen molar-refractivity contribution in [1.29, 1.82) is 0 Å². The van der Waals surface area contributed by atoms with Crippen molar-refractivity contribution < 1.29 is 14.3 Å². The molecule has 7 nitrogen and oxygen atoms in total. The van der Waals surface area contributed by atoms with Gasteiger partial charge in [0, 0.05) is 38.7 Å². The Morgan fingerprint density at radius 1 is 1.26 bits per heavy atom. The highest BCUT2D eigenvalue weighted by Crippen LogP contribution is 2.31. The number of piperidine rings is 1. The summed E-state index contributed by atoms with van der Waals surface area (Å²) in [5.41, 5.74) is 0.988. The number of para-hydroxylation sites is 1. The van der Waals surface area contributed by atoms with Crippen molar-refractivity contribution in [2.24, 2.45) is 10.9 Å². The van der Waals surface area contributed by atoms with Crippen LogP contribution in [0.2, 0.25) is 0 Å². The molecule has 1 amide bonds. The minimum absolute atomic E-state index is 0.124. The molecule has 0 aromatic heterocycles. The van der Waals surface area contributed by atoms with Crippen LogP contribution in [0.3, 0.4) is 0 Å². The number of likely N-dealkylation sites (tertiary alicyclic amines) is 1. The zero-order valence-electron chi connectivity index (χ0n) is 16.9. The van der Waals surface area contributed by atoms with Gasteiger partial charge >= 0.3 is 0 Å². The lowest BCUT2D eigenvalue weighted by Crippen LogP contribution is -2.46. The zero-order valence-corrected chi connectivity index (χ0v) is 16.9. The molecule has 2 N–H and O–H groups in total. The van der Waals surface area contributed by atoms with Gasteiger partial charge in [-0.15, -0.1) is 0 Å². The predicted octanol–water partition coefficient (Wildman–Crippen LogP) is 2.02. The Morgan fingerprint density at radius 2 is 2.00 bits per heavy atom. The minimum Gasteiger partial charge on any atom is -0.493 e. The van der Waals surface area contributed by atoms with Gasteiger partial charge in [0.2, 0.25) is 5.91 Å². The molecule has 7 heteroatoms. The molecule has 0 atom stereocenters. The van der Waals surface area contributed by atoms with Gasteiger partial charge in [0.15, 0.2) is 17.5 Å². The van der Waals surface area contributed by atoms with Gasteiger partial charge in [-0.1, -0.05) is 12.1 Å². The largest absolute Gasteiger partial charge is 0.493 e. The molecule has 1 heterocycles. The fourth-order valence-electron chi connectivity index (χ4n) is 3.38. The van der Waals surface area contributed by atoms with Crippen molar-refractivity contribution in [3.8, 4) is 11.5 Å². The van der Waals surface area contributed by atoms with Crippen molar-refractivity contribution in [2.45, 2.75) is 32.7 Å². The zero-order chi connectivity index (χ0) is 19.6. The van der Waals surface area contributed by atoms with Crippen LogP contribution in [0.4, 0.5) is 0 Å². The summed E-state index contributed by atoms with van der Waals surface area (Å²) in [6.07, 6.45) is 2.61. The molecule has 2 rings (SSSR count). The number of carbonyl (C=O) groups excluding carboxylic acids is 1. The van der Waals surface area contributed by atoms with E-state index < -0.39 is 0 Å². The van der Waals surface area contributed by atoms with Gasteiger partial charge in [0.25, 0.3) is 0 Å². The van der Waals surface area contributed by atoms with Crippen LogP contribution in [0.1, 0.15) is 31.7 Å². The number of amides is 1. The van der Waals surface area contributed by atoms with Gasteiger partial charge in [-0.25, -0.2) is 4.99 Å². The number of benzene rings is 1. The normalized spacial score (nSPS) is 15.4. The lowest BCUT2D eigenvalue weighted by molar-refractivity contribution is -0.121. The summed E-state index contributed by atoms with van der Waals surface area (Å²) in [6, 6.07) is 5.84. The van der Waals surface area contributed by atoms with Crippen LogP contribution in [0, 0.1) is 5.92 Å². The van der Waals surface area contributed by atoms with Gasteiger partial charge in [-0.2, -0.15) is 0 Å². The van der Waals surface area contributed by atoms with Gasteiger partial charge in [-0.3, -0.25) is 4.79 Å². The first kappa shape index (κ1) is 20.9. The van der Waals surface area contributed by atoms with Crippen molar-refractivity contribution in [3.05, 3.63) is 23.8 Å². The third-order valence-electron chi connectivity index (χ3n) is 4.89. The number of nitrogens with one attached hydrogen (secondary N) is 2. The van der Waals surface area contributed by atoms with E-state index in [0.29, 0.717) is 24.6 Å². The average Bonchev–Trinajstić information content (AvgIpc) is 2.71. The van der Waals surface area contributed by atoms with Crippen LogP contribution in [0.5, 0.6) is 11.5 Å². The number of guanidine groups is 1. The maximum absolute atomic E-state index is 11.6. The van der Waals surface area contributed by atoms with Crippen molar-refractivity contribution >= 4 is 11.9 Å². The van der Waals surface area contributed by atoms with Gasteiger partial charge in [-0.05, 0) is 31.7 Å². The SMILES string of the molecule is CCNC(=NCc1cccc(OC)c1OC)N1CCC(CC(=O)NC)CC1. The summed E-state index contributed by atoms with van der Waals surface area (Å²) < 4.78 is 10.9. The first-order chi connectivity index (χ1) is 13.1. The molecule has 0 unspecified atom stereocenters. The first-order valence-corrected chi connectivity index (χ1v) is 9.56. The second kappa shape index (κ2) is 10.6. The minimum atomic E-state index is 0.124. The van der Waals surface area contributed by atoms with Gasteiger partial charge in [0.1, 0.15) is 0 Å². The summed E-state index contributed by atoms with van der Waals surface area (Å²) in [5, 5.41) is 6.09. The number of carbonyl (C=O) groups is 1. The maximum atomic E-state index is 11.6. The van der Waals surface area contributed by atoms with Crippen LogP contribution >= 0.6 is 0 Å². The number of hydrogen-bond acceptors (Lipinski definition) is 4. The third kappa shape index (κ3) is 5.77. The number of aliphatic imine (C=N–C) groups is 1. The summed E-state index contributed by atoms with van der Waals surface area (Å²) in [4.78, 5) is 18.7. The molecule has 0 bridgehead atoms. The topological polar surface area (TPSA) is 75.2 Å². The molecule has 0 radical (unpaired) electrons. The molecule has 0 saturated carbocycles. The Balaban J connectivity index is 2.04. The standard InChI is InChI=1S/C20H32N4O3/c1-5-22-20(24-11-9-15(10-12-24)13-18(25)21-2)23-14-16-7-6-8-17(26-3)19(16)27-4/h6-8,15H,5,9-14H2,1-4H3,(H,21,25)(H,22,23). The number of rotatable bonds is 7. The Bertz CT molecular complexity index is 640. The van der Waals surface area contributed by atoms with Gasteiger partial charge < -0.3 is 25.0 Å². The van der Waals surface area contributed by atoms with Crippen LogP contribution < -0.4 is 20.1 Å². The number of nitrogens with zero attached hydrogens (tertiary/aromatic N) is 2. The summed E-state index contributed by atoms with van der Waals surface area (Å²) in [5.74, 6) is 2.91. The molecule has 1 saturated heterocycles. The Hall–Kier alpha value is -2.44. The van der Waals surface area contributed by atoms with Crippen LogP contribution in [0.25, 0.3) is 0 Å². The van der Waals surface area contributed by atoms with Crippen LogP contribution in [0.15, 0.2) is 23.2 Å². The third-order valence-corrected chi connectivity index (χ3v) is 4.89. The smallest absolute Gasteiger partial charge is 0.220 e. The Labute approximate surface area is 162 Å². The van der Waals surface area contributed by atoms with Crippen molar-refractivity contribution in [2.75, 3.05) is 40.9 Å². The molecule has 0 aliphatic carbocycles. The lowest BCUT2D eigenvalue weighted by Gasteiger charge is -2.34. The number of methoxy groups -OCH3 is 2. The van der Waals surface area contributed by atoms with Crippen LogP contribution in [-0.4, -0.2) is 57.7 Å². The lowest BCUT2D eigenvalue weighted by atomic mass is 9.93. The fraction of sp³-hybridized carbons (Fsp3) is 0.600. The second-order valence-electron chi connectivity index (χ2n) is 6.63. The molecular formula is C20H32N4O3. The molecule has 1 aromatic carbocycles. The first-order valence-electron chi connectivity index (χ1n) is 9.56. The highest BCUT2D eigenvalue weighted by atomic mass is 16.5. The number of hydrogen-bond donors (Lipinski definition) is 2. The monoisotopic (exact) mass is 376 g/mol.